The number of aromatic nitrogens is 4. The molecule has 3 heterocycles. The third-order valence-corrected chi connectivity index (χ3v) is 6.94. The number of fused-ring (bicyclic) bond motifs is 2. The number of rotatable bonds is 4. The van der Waals surface area contributed by atoms with Crippen LogP contribution in [0, 0.1) is 13.8 Å². The van der Waals surface area contributed by atoms with Gasteiger partial charge in [0.25, 0.3) is 0 Å². The van der Waals surface area contributed by atoms with Gasteiger partial charge in [0, 0.05) is 29.6 Å². The lowest BCUT2D eigenvalue weighted by Gasteiger charge is -2.32. The van der Waals surface area contributed by atoms with Gasteiger partial charge in [0.15, 0.2) is 5.82 Å². The van der Waals surface area contributed by atoms with E-state index in [9.17, 15) is 0 Å². The van der Waals surface area contributed by atoms with Gasteiger partial charge in [0.1, 0.15) is 0 Å². The number of anilines is 1. The van der Waals surface area contributed by atoms with Crippen molar-refractivity contribution < 1.29 is 4.74 Å². The third kappa shape index (κ3) is 3.74. The second kappa shape index (κ2) is 8.37. The molecule has 0 radical (unpaired) electrons. The van der Waals surface area contributed by atoms with Crippen molar-refractivity contribution in [3.63, 3.8) is 0 Å². The van der Waals surface area contributed by atoms with Gasteiger partial charge in [-0.25, -0.2) is 9.07 Å². The van der Waals surface area contributed by atoms with E-state index in [-0.39, 0.29) is 0 Å². The molecule has 170 valence electrons. The van der Waals surface area contributed by atoms with Gasteiger partial charge >= 0.3 is 0 Å². The molecule has 2 aromatic carbocycles. The van der Waals surface area contributed by atoms with Crippen LogP contribution in [0.2, 0.25) is 0 Å². The summed E-state index contributed by atoms with van der Waals surface area (Å²) < 4.78 is 7.38. The van der Waals surface area contributed by atoms with Crippen molar-refractivity contribution in [1.82, 2.24) is 19.2 Å². The Morgan fingerprint density at radius 1 is 1.06 bits per heavy atom. The molecular formula is C26H29N5OS. The quantitative estimate of drug-likeness (QED) is 0.409. The van der Waals surface area contributed by atoms with Gasteiger partial charge in [-0.05, 0) is 61.4 Å². The van der Waals surface area contributed by atoms with E-state index in [0.717, 1.165) is 52.8 Å². The van der Waals surface area contributed by atoms with Crippen molar-refractivity contribution in [2.24, 2.45) is 0 Å². The first-order chi connectivity index (χ1) is 15.9. The van der Waals surface area contributed by atoms with Crippen molar-refractivity contribution in [1.29, 1.82) is 0 Å². The van der Waals surface area contributed by atoms with Crippen molar-refractivity contribution >= 4 is 29.4 Å². The Balaban J connectivity index is 1.58. The number of hydrogen-bond acceptors (Lipinski definition) is 6. The lowest BCUT2D eigenvalue weighted by molar-refractivity contribution is 0.388. The molecule has 2 aromatic heterocycles. The number of aryl methyl sites for hydroxylation is 2. The highest BCUT2D eigenvalue weighted by molar-refractivity contribution is 7.78. The van der Waals surface area contributed by atoms with E-state index in [1.165, 1.54) is 16.8 Å². The lowest BCUT2D eigenvalue weighted by Crippen LogP contribution is -2.32. The highest BCUT2D eigenvalue weighted by Crippen LogP contribution is 2.36. The summed E-state index contributed by atoms with van der Waals surface area (Å²) in [6.07, 6.45) is 2.67. The maximum atomic E-state index is 5.79. The number of benzene rings is 2. The van der Waals surface area contributed by atoms with Gasteiger partial charge in [-0.15, -0.1) is 0 Å². The Hall–Kier alpha value is -3.06. The van der Waals surface area contributed by atoms with Crippen LogP contribution in [0.15, 0.2) is 36.5 Å². The second-order valence-corrected chi connectivity index (χ2v) is 9.46. The summed E-state index contributed by atoms with van der Waals surface area (Å²) in [5.41, 5.74) is 9.06. The first kappa shape index (κ1) is 21.8. The van der Waals surface area contributed by atoms with E-state index in [0.29, 0.717) is 17.6 Å². The number of methoxy groups -OCH3 is 1. The number of thiol groups is 1. The van der Waals surface area contributed by atoms with E-state index in [2.05, 4.69) is 74.8 Å². The molecule has 0 spiro atoms. The van der Waals surface area contributed by atoms with Gasteiger partial charge in [-0.2, -0.15) is 10.1 Å². The van der Waals surface area contributed by atoms with Crippen molar-refractivity contribution in [2.45, 2.75) is 46.6 Å². The predicted octanol–water partition coefficient (Wildman–Crippen LogP) is 5.50. The Bertz CT molecular complexity index is 1340. The Morgan fingerprint density at radius 2 is 1.85 bits per heavy atom. The molecule has 0 fully saturated rings. The Morgan fingerprint density at radius 3 is 2.61 bits per heavy atom. The van der Waals surface area contributed by atoms with E-state index in [1.54, 1.807) is 11.2 Å². The van der Waals surface area contributed by atoms with E-state index in [4.69, 9.17) is 14.7 Å². The predicted molar refractivity (Wildman–Crippen MR) is 136 cm³/mol. The minimum absolute atomic E-state index is 0.495. The van der Waals surface area contributed by atoms with Gasteiger partial charge in [-0.3, -0.25) is 0 Å². The van der Waals surface area contributed by atoms with Crippen LogP contribution in [0.25, 0.3) is 22.3 Å². The van der Waals surface area contributed by atoms with Gasteiger partial charge < -0.3 is 9.64 Å². The molecule has 0 aliphatic carbocycles. The first-order valence-corrected chi connectivity index (χ1v) is 11.7. The average molecular weight is 460 g/mol. The topological polar surface area (TPSA) is 56.1 Å². The molecular weight excluding hydrogens is 430 g/mol. The first-order valence-electron chi connectivity index (χ1n) is 11.3. The number of hydrogen-bond donors (Lipinski definition) is 1. The fourth-order valence-electron chi connectivity index (χ4n) is 4.69. The normalized spacial score (nSPS) is 13.6. The van der Waals surface area contributed by atoms with Gasteiger partial charge in [-0.1, -0.05) is 32.0 Å². The van der Waals surface area contributed by atoms with Crippen molar-refractivity contribution in [2.75, 3.05) is 18.6 Å². The maximum absolute atomic E-state index is 5.79. The molecule has 0 bridgehead atoms. The summed E-state index contributed by atoms with van der Waals surface area (Å²) in [5.74, 6) is 1.82. The van der Waals surface area contributed by atoms with Crippen LogP contribution >= 0.6 is 12.8 Å². The minimum Gasteiger partial charge on any atom is -0.481 e. The molecule has 0 amide bonds. The summed E-state index contributed by atoms with van der Waals surface area (Å²) in [6.45, 7) is 10.4. The van der Waals surface area contributed by atoms with Crippen LogP contribution in [0.1, 0.15) is 47.7 Å². The van der Waals surface area contributed by atoms with Crippen LogP contribution in [0.3, 0.4) is 0 Å². The van der Waals surface area contributed by atoms with Crippen LogP contribution in [0.4, 0.5) is 5.69 Å². The zero-order valence-corrected chi connectivity index (χ0v) is 20.6. The summed E-state index contributed by atoms with van der Waals surface area (Å²) in [6, 6.07) is 10.9. The summed E-state index contributed by atoms with van der Waals surface area (Å²) >= 11 is 4.42. The van der Waals surface area contributed by atoms with E-state index >= 15 is 0 Å². The fraction of sp³-hybridized carbons (Fsp3) is 0.346. The van der Waals surface area contributed by atoms with Crippen LogP contribution in [-0.2, 0) is 13.0 Å². The van der Waals surface area contributed by atoms with E-state index in [1.807, 2.05) is 12.3 Å². The highest BCUT2D eigenvalue weighted by Gasteiger charge is 2.26. The Kier molecular flexibility index (Phi) is 5.52. The molecule has 0 saturated carbocycles. The third-order valence-electron chi connectivity index (χ3n) is 6.62. The monoisotopic (exact) mass is 459 g/mol. The zero-order valence-electron chi connectivity index (χ0n) is 19.8. The van der Waals surface area contributed by atoms with Crippen LogP contribution < -0.4 is 9.64 Å². The second-order valence-electron chi connectivity index (χ2n) is 9.08. The molecule has 7 heteroatoms. The number of ether oxygens (including phenoxy) is 1. The van der Waals surface area contributed by atoms with E-state index < -0.39 is 0 Å². The lowest BCUT2D eigenvalue weighted by atomic mass is 9.98. The summed E-state index contributed by atoms with van der Waals surface area (Å²) in [4.78, 5) is 12.3. The molecule has 33 heavy (non-hydrogen) atoms. The summed E-state index contributed by atoms with van der Waals surface area (Å²) in [5, 5.41) is 5.30. The molecule has 4 aromatic rings. The van der Waals surface area contributed by atoms with Crippen molar-refractivity contribution in [3.8, 4) is 17.3 Å². The SMILES string of the molecule is COc1nc(-c2c(C)ccc3c2cnn3S)nc2c1CN(c1cc(C(C)C)ccc1C)CC2. The van der Waals surface area contributed by atoms with Crippen LogP contribution in [0.5, 0.6) is 5.88 Å². The van der Waals surface area contributed by atoms with Crippen LogP contribution in [-0.4, -0.2) is 32.8 Å². The largest absolute Gasteiger partial charge is 0.481 e. The number of nitrogens with zero attached hydrogens (tertiary/aromatic N) is 5. The standard InChI is InChI=1S/C26H29N5OS/c1-15(2)18-8-6-16(3)23(12-18)30-11-10-21-20(14-30)26(32-5)29-25(28-21)24-17(4)7-9-22-19(24)13-27-31(22)33/h6-9,12-13,15,33H,10-11,14H2,1-5H3. The summed E-state index contributed by atoms with van der Waals surface area (Å²) in [7, 11) is 1.69. The molecule has 6 nitrogen and oxygen atoms in total. The average Bonchev–Trinajstić information content (AvgIpc) is 3.18. The molecule has 5 rings (SSSR count). The molecule has 0 unspecified atom stereocenters. The zero-order chi connectivity index (χ0) is 23.3. The molecule has 0 saturated heterocycles. The van der Waals surface area contributed by atoms with Gasteiger partial charge in [0.05, 0.1) is 36.6 Å². The van der Waals surface area contributed by atoms with Crippen molar-refractivity contribution in [3.05, 3.63) is 64.5 Å². The minimum atomic E-state index is 0.495. The maximum Gasteiger partial charge on any atom is 0.222 e. The molecule has 0 N–H and O–H groups in total. The fourth-order valence-corrected chi connectivity index (χ4v) is 4.92. The molecule has 1 aliphatic rings. The smallest absolute Gasteiger partial charge is 0.222 e. The highest BCUT2D eigenvalue weighted by atomic mass is 32.1. The Labute approximate surface area is 200 Å². The molecule has 1 aliphatic heterocycles. The van der Waals surface area contributed by atoms with Gasteiger partial charge in [0.2, 0.25) is 5.88 Å². The molecule has 0 atom stereocenters.